The molecule has 0 aliphatic heterocycles. The quantitative estimate of drug-likeness (QED) is 0.816. The minimum Gasteiger partial charge on any atom is -0.383 e. The summed E-state index contributed by atoms with van der Waals surface area (Å²) in [5.74, 6) is 4.58. The summed E-state index contributed by atoms with van der Waals surface area (Å²) in [5.41, 5.74) is 5.37. The van der Waals surface area contributed by atoms with Crippen molar-refractivity contribution in [1.29, 1.82) is 0 Å². The van der Waals surface area contributed by atoms with Gasteiger partial charge in [0.25, 0.3) is 0 Å². The standard InChI is InChI=1S/C14H19FN2O3S/c1-11(10-20-3)17(2)21(18,19)14-7-6-13(15)9-12(14)5-4-8-16/h6-7,9,11H,8,10,16H2,1-3H3. The second kappa shape index (κ2) is 7.52. The van der Waals surface area contributed by atoms with Crippen molar-refractivity contribution in [1.82, 2.24) is 4.31 Å². The zero-order valence-corrected chi connectivity index (χ0v) is 13.1. The molecule has 0 amide bonds. The molecule has 1 rings (SSSR count). The molecule has 0 saturated carbocycles. The Morgan fingerprint density at radius 1 is 1.48 bits per heavy atom. The Balaban J connectivity index is 3.31. The summed E-state index contributed by atoms with van der Waals surface area (Å²) >= 11 is 0. The van der Waals surface area contributed by atoms with Gasteiger partial charge in [0.1, 0.15) is 5.82 Å². The predicted molar refractivity (Wildman–Crippen MR) is 78.6 cm³/mol. The zero-order chi connectivity index (χ0) is 16.0. The third kappa shape index (κ3) is 4.25. The summed E-state index contributed by atoms with van der Waals surface area (Å²) in [5, 5.41) is 0. The largest absolute Gasteiger partial charge is 0.383 e. The van der Waals surface area contributed by atoms with Crippen LogP contribution in [0.1, 0.15) is 12.5 Å². The van der Waals surface area contributed by atoms with Crippen molar-refractivity contribution >= 4 is 10.0 Å². The van der Waals surface area contributed by atoms with Gasteiger partial charge in [-0.3, -0.25) is 0 Å². The van der Waals surface area contributed by atoms with E-state index in [1.54, 1.807) is 6.92 Å². The first-order chi connectivity index (χ1) is 9.84. The van der Waals surface area contributed by atoms with Gasteiger partial charge in [-0.1, -0.05) is 11.8 Å². The molecule has 1 aromatic rings. The molecule has 116 valence electrons. The fourth-order valence-corrected chi connectivity index (χ4v) is 3.18. The number of likely N-dealkylation sites (N-methyl/N-ethyl adjacent to an activating group) is 1. The molecule has 1 unspecified atom stereocenters. The molecule has 7 heteroatoms. The van der Waals surface area contributed by atoms with Crippen LogP contribution in [-0.2, 0) is 14.8 Å². The normalized spacial score (nSPS) is 12.9. The second-order valence-electron chi connectivity index (χ2n) is 4.47. The first kappa shape index (κ1) is 17.6. The van der Waals surface area contributed by atoms with E-state index in [1.807, 2.05) is 0 Å². The molecule has 0 saturated heterocycles. The van der Waals surface area contributed by atoms with Crippen molar-refractivity contribution in [3.05, 3.63) is 29.6 Å². The molecule has 0 bridgehead atoms. The van der Waals surface area contributed by atoms with Crippen LogP contribution in [0, 0.1) is 17.7 Å². The van der Waals surface area contributed by atoms with Gasteiger partial charge in [-0.15, -0.1) is 0 Å². The van der Waals surface area contributed by atoms with Crippen molar-refractivity contribution in [2.24, 2.45) is 5.73 Å². The Labute approximate surface area is 124 Å². The van der Waals surface area contributed by atoms with E-state index < -0.39 is 15.8 Å². The number of sulfonamides is 1. The highest BCUT2D eigenvalue weighted by Gasteiger charge is 2.27. The van der Waals surface area contributed by atoms with Gasteiger partial charge in [-0.05, 0) is 25.1 Å². The average molecular weight is 314 g/mol. The van der Waals surface area contributed by atoms with Crippen LogP contribution in [0.5, 0.6) is 0 Å². The molecule has 21 heavy (non-hydrogen) atoms. The van der Waals surface area contributed by atoms with Crippen molar-refractivity contribution in [2.45, 2.75) is 17.9 Å². The van der Waals surface area contributed by atoms with E-state index in [0.29, 0.717) is 0 Å². The SMILES string of the molecule is COCC(C)N(C)S(=O)(=O)c1ccc(F)cc1C#CCN. The number of ether oxygens (including phenoxy) is 1. The summed E-state index contributed by atoms with van der Waals surface area (Å²) in [6, 6.07) is 3.03. The fourth-order valence-electron chi connectivity index (χ4n) is 1.71. The average Bonchev–Trinajstić information content (AvgIpc) is 2.44. The Kier molecular flexibility index (Phi) is 6.30. The van der Waals surface area contributed by atoms with Gasteiger partial charge in [-0.2, -0.15) is 4.31 Å². The van der Waals surface area contributed by atoms with Gasteiger partial charge in [0, 0.05) is 25.8 Å². The number of benzene rings is 1. The molecule has 0 aromatic heterocycles. The number of halogens is 1. The molecule has 5 nitrogen and oxygen atoms in total. The Bertz CT molecular complexity index is 650. The van der Waals surface area contributed by atoms with E-state index in [2.05, 4.69) is 11.8 Å². The van der Waals surface area contributed by atoms with E-state index in [9.17, 15) is 12.8 Å². The number of nitrogens with zero attached hydrogens (tertiary/aromatic N) is 1. The van der Waals surface area contributed by atoms with Crippen molar-refractivity contribution < 1.29 is 17.5 Å². The summed E-state index contributed by atoms with van der Waals surface area (Å²) in [6.45, 7) is 2.03. The monoisotopic (exact) mass is 314 g/mol. The third-order valence-corrected chi connectivity index (χ3v) is 4.98. The maximum absolute atomic E-state index is 13.3. The van der Waals surface area contributed by atoms with Gasteiger partial charge >= 0.3 is 0 Å². The highest BCUT2D eigenvalue weighted by molar-refractivity contribution is 7.89. The molecule has 0 aliphatic rings. The molecule has 1 atom stereocenters. The summed E-state index contributed by atoms with van der Waals surface area (Å²) in [6.07, 6.45) is 0. The molecule has 0 spiro atoms. The van der Waals surface area contributed by atoms with Gasteiger partial charge in [0.15, 0.2) is 0 Å². The number of hydrogen-bond acceptors (Lipinski definition) is 4. The molecule has 0 heterocycles. The van der Waals surface area contributed by atoms with E-state index in [-0.39, 0.29) is 29.7 Å². The van der Waals surface area contributed by atoms with Crippen LogP contribution in [0.15, 0.2) is 23.1 Å². The van der Waals surface area contributed by atoms with E-state index in [4.69, 9.17) is 10.5 Å². The van der Waals surface area contributed by atoms with E-state index in [0.717, 1.165) is 12.1 Å². The Morgan fingerprint density at radius 3 is 2.71 bits per heavy atom. The van der Waals surface area contributed by atoms with Crippen LogP contribution < -0.4 is 5.73 Å². The smallest absolute Gasteiger partial charge is 0.244 e. The second-order valence-corrected chi connectivity index (χ2v) is 6.44. The molecule has 0 aliphatic carbocycles. The van der Waals surface area contributed by atoms with Gasteiger partial charge in [0.05, 0.1) is 18.0 Å². The van der Waals surface area contributed by atoms with Crippen molar-refractivity contribution in [3.8, 4) is 11.8 Å². The lowest BCUT2D eigenvalue weighted by Crippen LogP contribution is -2.38. The third-order valence-electron chi connectivity index (χ3n) is 2.95. The van der Waals surface area contributed by atoms with Crippen LogP contribution in [0.4, 0.5) is 4.39 Å². The minimum atomic E-state index is -3.79. The van der Waals surface area contributed by atoms with Crippen molar-refractivity contribution in [2.75, 3.05) is 27.3 Å². The predicted octanol–water partition coefficient (Wildman–Crippen LogP) is 0.791. The van der Waals surface area contributed by atoms with Crippen LogP contribution in [0.3, 0.4) is 0 Å². The van der Waals surface area contributed by atoms with Crippen LogP contribution >= 0.6 is 0 Å². The summed E-state index contributed by atoms with van der Waals surface area (Å²) < 4.78 is 44.6. The van der Waals surface area contributed by atoms with Gasteiger partial charge in [0.2, 0.25) is 10.0 Å². The van der Waals surface area contributed by atoms with Gasteiger partial charge in [-0.25, -0.2) is 12.8 Å². The molecule has 0 radical (unpaired) electrons. The summed E-state index contributed by atoms with van der Waals surface area (Å²) in [7, 11) is -0.855. The molecule has 0 fully saturated rings. The topological polar surface area (TPSA) is 72.6 Å². The lowest BCUT2D eigenvalue weighted by Gasteiger charge is -2.24. The maximum atomic E-state index is 13.3. The lowest BCUT2D eigenvalue weighted by atomic mass is 10.2. The molecule has 1 aromatic carbocycles. The fraction of sp³-hybridized carbons (Fsp3) is 0.429. The van der Waals surface area contributed by atoms with Crippen molar-refractivity contribution in [3.63, 3.8) is 0 Å². The highest BCUT2D eigenvalue weighted by atomic mass is 32.2. The molecular weight excluding hydrogens is 295 g/mol. The molecular formula is C14H19FN2O3S. The Morgan fingerprint density at radius 2 is 2.14 bits per heavy atom. The van der Waals surface area contributed by atoms with Crippen LogP contribution in [-0.4, -0.2) is 46.1 Å². The zero-order valence-electron chi connectivity index (χ0n) is 12.3. The van der Waals surface area contributed by atoms with Crippen LogP contribution in [0.25, 0.3) is 0 Å². The maximum Gasteiger partial charge on any atom is 0.244 e. The van der Waals surface area contributed by atoms with E-state index >= 15 is 0 Å². The number of nitrogens with two attached hydrogens (primary N) is 1. The highest BCUT2D eigenvalue weighted by Crippen LogP contribution is 2.21. The summed E-state index contributed by atoms with van der Waals surface area (Å²) in [4.78, 5) is -0.0460. The van der Waals surface area contributed by atoms with Crippen LogP contribution in [0.2, 0.25) is 0 Å². The first-order valence-corrected chi connectivity index (χ1v) is 7.74. The Hall–Kier alpha value is -1.46. The molecule has 2 N–H and O–H groups in total. The first-order valence-electron chi connectivity index (χ1n) is 6.30. The minimum absolute atomic E-state index is 0.0460. The van der Waals surface area contributed by atoms with E-state index in [1.165, 1.54) is 24.5 Å². The number of rotatable bonds is 5. The number of hydrogen-bond donors (Lipinski definition) is 1. The lowest BCUT2D eigenvalue weighted by molar-refractivity contribution is 0.149. The van der Waals surface area contributed by atoms with Gasteiger partial charge < -0.3 is 10.5 Å². The number of methoxy groups -OCH3 is 1.